The number of hydrogen-bond donors (Lipinski definition) is 2. The van der Waals surface area contributed by atoms with Crippen molar-refractivity contribution in [1.29, 1.82) is 0 Å². The van der Waals surface area contributed by atoms with Crippen LogP contribution in [-0.4, -0.2) is 80.1 Å². The van der Waals surface area contributed by atoms with Crippen LogP contribution in [0.3, 0.4) is 0 Å². The predicted octanol–water partition coefficient (Wildman–Crippen LogP) is -0.143. The van der Waals surface area contributed by atoms with Gasteiger partial charge in [0.1, 0.15) is 12.6 Å². The Hall–Kier alpha value is -1.67. The molecule has 0 bridgehead atoms. The molecule has 0 aliphatic carbocycles. The van der Waals surface area contributed by atoms with E-state index >= 15 is 0 Å². The summed E-state index contributed by atoms with van der Waals surface area (Å²) in [7, 11) is 0. The Kier molecular flexibility index (Phi) is 8.31. The molecule has 0 saturated carbocycles. The van der Waals surface area contributed by atoms with E-state index < -0.39 is 6.04 Å². The summed E-state index contributed by atoms with van der Waals surface area (Å²) in [4.78, 5) is 28.8. The van der Waals surface area contributed by atoms with Gasteiger partial charge in [-0.05, 0) is 5.56 Å². The molecule has 8 heteroatoms. The lowest BCUT2D eigenvalue weighted by Gasteiger charge is -2.35. The van der Waals surface area contributed by atoms with Gasteiger partial charge in [-0.2, -0.15) is 0 Å². The van der Waals surface area contributed by atoms with E-state index in [1.54, 1.807) is 4.90 Å². The number of morpholine rings is 1. The van der Waals surface area contributed by atoms with E-state index in [2.05, 4.69) is 15.5 Å². The van der Waals surface area contributed by atoms with Gasteiger partial charge < -0.3 is 20.3 Å². The van der Waals surface area contributed by atoms with Crippen LogP contribution in [0.4, 0.5) is 0 Å². The van der Waals surface area contributed by atoms with Gasteiger partial charge in [-0.15, -0.1) is 12.4 Å². The van der Waals surface area contributed by atoms with Crippen LogP contribution in [0, 0.1) is 0 Å². The molecule has 26 heavy (non-hydrogen) atoms. The van der Waals surface area contributed by atoms with Gasteiger partial charge in [-0.1, -0.05) is 30.3 Å². The van der Waals surface area contributed by atoms with Crippen molar-refractivity contribution in [2.24, 2.45) is 0 Å². The first-order chi connectivity index (χ1) is 12.2. The number of halogens is 1. The number of rotatable bonds is 6. The van der Waals surface area contributed by atoms with Crippen LogP contribution >= 0.6 is 12.4 Å². The zero-order chi connectivity index (χ0) is 17.5. The van der Waals surface area contributed by atoms with Crippen LogP contribution < -0.4 is 10.6 Å². The summed E-state index contributed by atoms with van der Waals surface area (Å²) in [6.07, 6.45) is 0. The van der Waals surface area contributed by atoms with E-state index in [0.29, 0.717) is 13.1 Å². The Morgan fingerprint density at radius 2 is 1.96 bits per heavy atom. The standard InChI is InChI=1S/C18H26N4O3.ClH/c23-17-14-25-13-16(22(17)12-15-4-2-1-3-5-15)18(24)20-8-11-21-9-6-19-7-10-21;/h1-5,16,19H,6-14H2,(H,20,24);1H/t16-;/m1./s1. The molecule has 2 aliphatic heterocycles. The van der Waals surface area contributed by atoms with Crippen molar-refractivity contribution in [2.45, 2.75) is 12.6 Å². The molecule has 2 heterocycles. The number of amides is 2. The maximum Gasteiger partial charge on any atom is 0.249 e. The Morgan fingerprint density at radius 1 is 1.23 bits per heavy atom. The zero-order valence-corrected chi connectivity index (χ0v) is 15.7. The van der Waals surface area contributed by atoms with Gasteiger partial charge in [0.2, 0.25) is 11.8 Å². The molecule has 0 aromatic heterocycles. The third-order valence-corrected chi connectivity index (χ3v) is 4.63. The highest BCUT2D eigenvalue weighted by molar-refractivity contribution is 5.89. The van der Waals surface area contributed by atoms with Crippen molar-refractivity contribution >= 4 is 24.2 Å². The highest BCUT2D eigenvalue weighted by atomic mass is 35.5. The van der Waals surface area contributed by atoms with Crippen molar-refractivity contribution in [2.75, 3.05) is 52.5 Å². The molecular formula is C18H27ClN4O3. The van der Waals surface area contributed by atoms with Gasteiger partial charge in [0, 0.05) is 45.8 Å². The first kappa shape index (κ1) is 20.6. The third-order valence-electron chi connectivity index (χ3n) is 4.63. The van der Waals surface area contributed by atoms with E-state index in [4.69, 9.17) is 4.74 Å². The SMILES string of the molecule is Cl.O=C(NCCN1CCNCC1)[C@H]1COCC(=O)N1Cc1ccccc1. The molecule has 2 N–H and O–H groups in total. The molecule has 2 aliphatic rings. The third kappa shape index (κ3) is 5.67. The van der Waals surface area contributed by atoms with E-state index in [1.807, 2.05) is 30.3 Å². The molecule has 3 rings (SSSR count). The molecule has 7 nitrogen and oxygen atoms in total. The lowest BCUT2D eigenvalue weighted by molar-refractivity contribution is -0.155. The van der Waals surface area contributed by atoms with Crippen molar-refractivity contribution in [1.82, 2.24) is 20.4 Å². The van der Waals surface area contributed by atoms with Gasteiger partial charge in [0.25, 0.3) is 0 Å². The van der Waals surface area contributed by atoms with E-state index in [0.717, 1.165) is 38.3 Å². The van der Waals surface area contributed by atoms with Gasteiger partial charge in [-0.3, -0.25) is 14.5 Å². The second-order valence-electron chi connectivity index (χ2n) is 6.42. The van der Waals surface area contributed by atoms with Crippen LogP contribution in [0.25, 0.3) is 0 Å². The number of benzene rings is 1. The smallest absolute Gasteiger partial charge is 0.249 e. The Labute approximate surface area is 160 Å². The predicted molar refractivity (Wildman–Crippen MR) is 101 cm³/mol. The highest BCUT2D eigenvalue weighted by Crippen LogP contribution is 2.13. The lowest BCUT2D eigenvalue weighted by atomic mass is 10.1. The second-order valence-corrected chi connectivity index (χ2v) is 6.42. The van der Waals surface area contributed by atoms with Gasteiger partial charge in [-0.25, -0.2) is 0 Å². The normalized spacial score (nSPS) is 21.2. The van der Waals surface area contributed by atoms with Crippen LogP contribution in [0.1, 0.15) is 5.56 Å². The highest BCUT2D eigenvalue weighted by Gasteiger charge is 2.33. The summed E-state index contributed by atoms with van der Waals surface area (Å²) in [6.45, 7) is 6.11. The van der Waals surface area contributed by atoms with E-state index in [1.165, 1.54) is 0 Å². The Morgan fingerprint density at radius 3 is 2.69 bits per heavy atom. The summed E-state index contributed by atoms with van der Waals surface area (Å²) in [5.74, 6) is -0.281. The fourth-order valence-electron chi connectivity index (χ4n) is 3.19. The van der Waals surface area contributed by atoms with E-state index in [-0.39, 0.29) is 37.4 Å². The van der Waals surface area contributed by atoms with Crippen molar-refractivity contribution in [3.8, 4) is 0 Å². The first-order valence-electron chi connectivity index (χ1n) is 8.86. The molecule has 0 unspecified atom stereocenters. The minimum Gasteiger partial charge on any atom is -0.369 e. The average Bonchev–Trinajstić information content (AvgIpc) is 2.65. The van der Waals surface area contributed by atoms with Gasteiger partial charge in [0.15, 0.2) is 0 Å². The molecular weight excluding hydrogens is 356 g/mol. The molecule has 0 spiro atoms. The summed E-state index contributed by atoms with van der Waals surface area (Å²) < 4.78 is 5.31. The van der Waals surface area contributed by atoms with Crippen molar-refractivity contribution in [3.63, 3.8) is 0 Å². The minimum atomic E-state index is -0.565. The monoisotopic (exact) mass is 382 g/mol. The molecule has 2 amide bonds. The fourth-order valence-corrected chi connectivity index (χ4v) is 3.19. The van der Waals surface area contributed by atoms with Crippen molar-refractivity contribution < 1.29 is 14.3 Å². The number of hydrogen-bond acceptors (Lipinski definition) is 5. The number of carbonyl (C=O) groups is 2. The summed E-state index contributed by atoms with van der Waals surface area (Å²) >= 11 is 0. The molecule has 1 atom stereocenters. The number of nitrogens with zero attached hydrogens (tertiary/aromatic N) is 2. The topological polar surface area (TPSA) is 73.9 Å². The molecule has 2 saturated heterocycles. The lowest BCUT2D eigenvalue weighted by Crippen LogP contribution is -2.56. The Balaban J connectivity index is 0.00000243. The van der Waals surface area contributed by atoms with E-state index in [9.17, 15) is 9.59 Å². The number of piperazine rings is 1. The van der Waals surface area contributed by atoms with Crippen molar-refractivity contribution in [3.05, 3.63) is 35.9 Å². The molecule has 0 radical (unpaired) electrons. The molecule has 144 valence electrons. The van der Waals surface area contributed by atoms with Crippen LogP contribution in [0.2, 0.25) is 0 Å². The molecule has 2 fully saturated rings. The van der Waals surface area contributed by atoms with Gasteiger partial charge in [0.05, 0.1) is 6.61 Å². The minimum absolute atomic E-state index is 0. The van der Waals surface area contributed by atoms with Crippen LogP contribution in [0.15, 0.2) is 30.3 Å². The number of carbonyl (C=O) groups excluding carboxylic acids is 2. The largest absolute Gasteiger partial charge is 0.369 e. The van der Waals surface area contributed by atoms with Crippen LogP contribution in [-0.2, 0) is 20.9 Å². The average molecular weight is 383 g/mol. The molecule has 1 aromatic rings. The second kappa shape index (κ2) is 10.5. The van der Waals surface area contributed by atoms with Crippen LogP contribution in [0.5, 0.6) is 0 Å². The maximum atomic E-state index is 12.6. The molecule has 1 aromatic carbocycles. The number of ether oxygens (including phenoxy) is 1. The Bertz CT molecular complexity index is 581. The summed E-state index contributed by atoms with van der Waals surface area (Å²) in [6, 6.07) is 9.16. The summed E-state index contributed by atoms with van der Waals surface area (Å²) in [5.41, 5.74) is 1.01. The number of nitrogens with one attached hydrogen (secondary N) is 2. The maximum absolute atomic E-state index is 12.6. The first-order valence-corrected chi connectivity index (χ1v) is 8.86. The van der Waals surface area contributed by atoms with Gasteiger partial charge >= 0.3 is 0 Å². The zero-order valence-electron chi connectivity index (χ0n) is 14.9. The quantitative estimate of drug-likeness (QED) is 0.716. The fraction of sp³-hybridized carbons (Fsp3) is 0.556. The summed E-state index contributed by atoms with van der Waals surface area (Å²) in [5, 5.41) is 6.27.